The van der Waals surface area contributed by atoms with E-state index in [1.807, 2.05) is 24.3 Å². The molecule has 4 rings (SSSR count). The van der Waals surface area contributed by atoms with Gasteiger partial charge in [0.05, 0.1) is 32.0 Å². The van der Waals surface area contributed by atoms with Crippen LogP contribution in [-0.4, -0.2) is 71.0 Å². The van der Waals surface area contributed by atoms with E-state index in [9.17, 15) is 9.59 Å². The summed E-state index contributed by atoms with van der Waals surface area (Å²) in [6.07, 6.45) is 3.56. The fraction of sp³-hybridized carbons (Fsp3) is 0.389. The molecule has 8 nitrogen and oxygen atoms in total. The molecular weight excluding hydrogens is 336 g/mol. The Morgan fingerprint density at radius 1 is 1.31 bits per heavy atom. The number of hydrogen-bond acceptors (Lipinski definition) is 5. The number of para-hydroxylation sites is 2. The molecule has 0 unspecified atom stereocenters. The van der Waals surface area contributed by atoms with Crippen molar-refractivity contribution >= 4 is 12.0 Å². The van der Waals surface area contributed by atoms with Gasteiger partial charge in [0.2, 0.25) is 0 Å². The Labute approximate surface area is 150 Å². The molecule has 2 amide bonds. The summed E-state index contributed by atoms with van der Waals surface area (Å²) in [6, 6.07) is 7.48. The van der Waals surface area contributed by atoms with E-state index in [2.05, 4.69) is 5.10 Å². The fourth-order valence-electron chi connectivity index (χ4n) is 3.59. The second-order valence-electron chi connectivity index (χ2n) is 6.73. The molecule has 0 radical (unpaired) electrons. The predicted molar refractivity (Wildman–Crippen MR) is 92.5 cm³/mol. The van der Waals surface area contributed by atoms with Crippen molar-refractivity contribution in [3.8, 4) is 11.4 Å². The zero-order valence-corrected chi connectivity index (χ0v) is 14.7. The molecule has 0 N–H and O–H groups in total. The Morgan fingerprint density at radius 2 is 2.12 bits per heavy atom. The third-order valence-electron chi connectivity index (χ3n) is 4.91. The first-order valence-corrected chi connectivity index (χ1v) is 8.43. The molecule has 1 aromatic carbocycles. The number of methoxy groups -OCH3 is 1. The lowest BCUT2D eigenvalue weighted by molar-refractivity contribution is 0.0553. The molecule has 2 aliphatic heterocycles. The number of amides is 2. The number of carbonyl (C=O) groups excluding carboxylic acids is 2. The Morgan fingerprint density at radius 3 is 2.85 bits per heavy atom. The molecule has 1 spiro atoms. The number of nitrogens with zero attached hydrogens (tertiary/aromatic N) is 4. The molecule has 1 aromatic heterocycles. The van der Waals surface area contributed by atoms with E-state index in [0.29, 0.717) is 37.4 Å². The third-order valence-corrected chi connectivity index (χ3v) is 4.91. The maximum absolute atomic E-state index is 12.8. The van der Waals surface area contributed by atoms with Crippen LogP contribution < -0.4 is 4.74 Å². The first-order valence-electron chi connectivity index (χ1n) is 8.43. The van der Waals surface area contributed by atoms with E-state index in [-0.39, 0.29) is 12.0 Å². The van der Waals surface area contributed by atoms with E-state index in [0.717, 1.165) is 5.69 Å². The van der Waals surface area contributed by atoms with Crippen molar-refractivity contribution in [1.82, 2.24) is 19.6 Å². The second kappa shape index (κ2) is 6.05. The van der Waals surface area contributed by atoms with Crippen LogP contribution in [0, 0.1) is 0 Å². The monoisotopic (exact) mass is 356 g/mol. The number of hydrogen-bond donors (Lipinski definition) is 0. The number of rotatable bonds is 3. The highest BCUT2D eigenvalue weighted by Gasteiger charge is 2.49. The van der Waals surface area contributed by atoms with E-state index >= 15 is 0 Å². The van der Waals surface area contributed by atoms with Crippen molar-refractivity contribution in [2.24, 2.45) is 0 Å². The molecule has 2 saturated heterocycles. The van der Waals surface area contributed by atoms with Crippen LogP contribution in [0.3, 0.4) is 0 Å². The first kappa shape index (κ1) is 16.4. The van der Waals surface area contributed by atoms with Gasteiger partial charge in [-0.1, -0.05) is 12.1 Å². The number of likely N-dealkylation sites (tertiary alicyclic amines) is 1. The third kappa shape index (κ3) is 2.67. The molecule has 2 aromatic rings. The van der Waals surface area contributed by atoms with Crippen molar-refractivity contribution in [3.63, 3.8) is 0 Å². The van der Waals surface area contributed by atoms with Gasteiger partial charge < -0.3 is 19.3 Å². The maximum atomic E-state index is 12.8. The normalized spacial score (nSPS) is 22.2. The molecule has 0 aliphatic carbocycles. The maximum Gasteiger partial charge on any atom is 0.410 e. The topological polar surface area (TPSA) is 76.9 Å². The average Bonchev–Trinajstić information content (AvgIpc) is 3.34. The summed E-state index contributed by atoms with van der Waals surface area (Å²) in [6.45, 7) is 1.47. The number of benzene rings is 1. The van der Waals surface area contributed by atoms with Gasteiger partial charge in [0.15, 0.2) is 5.60 Å². The number of aromatic nitrogens is 2. The zero-order chi connectivity index (χ0) is 18.3. The van der Waals surface area contributed by atoms with E-state index in [1.54, 1.807) is 41.0 Å². The summed E-state index contributed by atoms with van der Waals surface area (Å²) in [7, 11) is 3.30. The van der Waals surface area contributed by atoms with Crippen LogP contribution in [-0.2, 0) is 4.74 Å². The molecular formula is C18H20N4O4. The molecule has 2 aliphatic rings. The second-order valence-corrected chi connectivity index (χ2v) is 6.73. The van der Waals surface area contributed by atoms with E-state index < -0.39 is 5.60 Å². The predicted octanol–water partition coefficient (Wildman–Crippen LogP) is 1.55. The molecule has 136 valence electrons. The van der Waals surface area contributed by atoms with Crippen molar-refractivity contribution in [2.75, 3.05) is 33.8 Å². The number of ether oxygens (including phenoxy) is 2. The van der Waals surface area contributed by atoms with Gasteiger partial charge >= 0.3 is 6.09 Å². The molecule has 3 heterocycles. The molecule has 0 bridgehead atoms. The van der Waals surface area contributed by atoms with E-state index in [1.165, 1.54) is 0 Å². The zero-order valence-electron chi connectivity index (χ0n) is 14.7. The molecule has 2 fully saturated rings. The largest absolute Gasteiger partial charge is 0.494 e. The van der Waals surface area contributed by atoms with E-state index in [4.69, 9.17) is 9.47 Å². The van der Waals surface area contributed by atoms with Crippen LogP contribution in [0.15, 0.2) is 36.7 Å². The standard InChI is InChI=1S/C18H20N4O4/c1-20-11-18(26-17(20)24)7-8-21(12-18)16(23)13-9-19-22(10-13)14-5-3-4-6-15(14)25-2/h3-6,9-10H,7-8,11-12H2,1-2H3/t18-/m0/s1. The minimum absolute atomic E-state index is 0.117. The van der Waals surface area contributed by atoms with Crippen molar-refractivity contribution in [3.05, 3.63) is 42.2 Å². The van der Waals surface area contributed by atoms with Gasteiger partial charge in [-0.3, -0.25) is 4.79 Å². The van der Waals surface area contributed by atoms with Gasteiger partial charge in [-0.2, -0.15) is 5.10 Å². The molecule has 1 atom stereocenters. The number of likely N-dealkylation sites (N-methyl/N-ethyl adjacent to an activating group) is 1. The fourth-order valence-corrected chi connectivity index (χ4v) is 3.59. The summed E-state index contributed by atoms with van der Waals surface area (Å²) >= 11 is 0. The van der Waals surface area contributed by atoms with Gasteiger partial charge in [-0.05, 0) is 12.1 Å². The van der Waals surface area contributed by atoms with Crippen LogP contribution in [0.1, 0.15) is 16.8 Å². The van der Waals surface area contributed by atoms with Gasteiger partial charge in [0, 0.05) is 26.2 Å². The summed E-state index contributed by atoms with van der Waals surface area (Å²) < 4.78 is 12.5. The van der Waals surface area contributed by atoms with Crippen LogP contribution >= 0.6 is 0 Å². The van der Waals surface area contributed by atoms with Gasteiger partial charge in [-0.15, -0.1) is 0 Å². The Hall–Kier alpha value is -3.03. The summed E-state index contributed by atoms with van der Waals surface area (Å²) in [5, 5.41) is 4.30. The quantitative estimate of drug-likeness (QED) is 0.834. The lowest BCUT2D eigenvalue weighted by Gasteiger charge is -2.21. The molecule has 0 saturated carbocycles. The van der Waals surface area contributed by atoms with Crippen LogP contribution in [0.25, 0.3) is 5.69 Å². The molecule has 26 heavy (non-hydrogen) atoms. The summed E-state index contributed by atoms with van der Waals surface area (Å²) in [5.74, 6) is 0.559. The Kier molecular flexibility index (Phi) is 3.82. The summed E-state index contributed by atoms with van der Waals surface area (Å²) in [4.78, 5) is 27.8. The Balaban J connectivity index is 1.52. The lowest BCUT2D eigenvalue weighted by Crippen LogP contribution is -2.39. The first-order chi connectivity index (χ1) is 12.5. The highest BCUT2D eigenvalue weighted by Crippen LogP contribution is 2.32. The Bertz CT molecular complexity index is 864. The SMILES string of the molecule is COc1ccccc1-n1cc(C(=O)N2CC[C@]3(CN(C)C(=O)O3)C2)cn1. The molecule has 8 heteroatoms. The van der Waals surface area contributed by atoms with Crippen molar-refractivity contribution in [1.29, 1.82) is 0 Å². The van der Waals surface area contributed by atoms with Crippen molar-refractivity contribution < 1.29 is 19.1 Å². The van der Waals surface area contributed by atoms with Crippen LogP contribution in [0.5, 0.6) is 5.75 Å². The van der Waals surface area contributed by atoms with Crippen LogP contribution in [0.4, 0.5) is 4.79 Å². The van der Waals surface area contributed by atoms with Crippen molar-refractivity contribution in [2.45, 2.75) is 12.0 Å². The smallest absolute Gasteiger partial charge is 0.410 e. The minimum Gasteiger partial charge on any atom is -0.494 e. The lowest BCUT2D eigenvalue weighted by atomic mass is 10.0. The summed E-state index contributed by atoms with van der Waals surface area (Å²) in [5.41, 5.74) is 0.670. The highest BCUT2D eigenvalue weighted by atomic mass is 16.6. The van der Waals surface area contributed by atoms with Gasteiger partial charge in [0.1, 0.15) is 11.4 Å². The van der Waals surface area contributed by atoms with Crippen LogP contribution in [0.2, 0.25) is 0 Å². The highest BCUT2D eigenvalue weighted by molar-refractivity contribution is 5.94. The van der Waals surface area contributed by atoms with Gasteiger partial charge in [-0.25, -0.2) is 9.48 Å². The number of carbonyl (C=O) groups is 2. The minimum atomic E-state index is -0.583. The average molecular weight is 356 g/mol. The van der Waals surface area contributed by atoms with Gasteiger partial charge in [0.25, 0.3) is 5.91 Å².